The molecule has 7 heteroatoms. The van der Waals surface area contributed by atoms with Crippen molar-refractivity contribution in [1.82, 2.24) is 5.32 Å². The minimum absolute atomic E-state index is 0.102. The molecule has 18 heavy (non-hydrogen) atoms. The second-order valence-corrected chi connectivity index (χ2v) is 7.15. The molecule has 6 nitrogen and oxygen atoms in total. The fourth-order valence-electron chi connectivity index (χ4n) is 3.42. The summed E-state index contributed by atoms with van der Waals surface area (Å²) >= 11 is 0. The molecular formula is C11H20NO5P. The van der Waals surface area contributed by atoms with Gasteiger partial charge in [-0.05, 0) is 31.1 Å². The van der Waals surface area contributed by atoms with E-state index in [4.69, 9.17) is 14.9 Å². The fourth-order valence-corrected chi connectivity index (χ4v) is 4.45. The number of hydrogen-bond acceptors (Lipinski definition) is 3. The smallest absolute Gasteiger partial charge is 0.325 e. The van der Waals surface area contributed by atoms with Gasteiger partial charge in [-0.3, -0.25) is 9.36 Å². The summed E-state index contributed by atoms with van der Waals surface area (Å²) in [6.07, 6.45) is 4.11. The Hall–Kier alpha value is -0.420. The molecule has 1 aliphatic carbocycles. The van der Waals surface area contributed by atoms with Crippen LogP contribution in [0.2, 0.25) is 0 Å². The van der Waals surface area contributed by atoms with Gasteiger partial charge >= 0.3 is 13.6 Å². The molecule has 0 aromatic rings. The first-order valence-electron chi connectivity index (χ1n) is 6.40. The zero-order valence-electron chi connectivity index (χ0n) is 10.2. The van der Waals surface area contributed by atoms with E-state index in [1.807, 2.05) is 0 Å². The van der Waals surface area contributed by atoms with Gasteiger partial charge in [0, 0.05) is 6.04 Å². The Morgan fingerprint density at radius 3 is 2.56 bits per heavy atom. The molecule has 2 aliphatic rings. The molecule has 1 saturated carbocycles. The average molecular weight is 277 g/mol. The molecule has 0 aromatic carbocycles. The third kappa shape index (κ3) is 3.32. The van der Waals surface area contributed by atoms with Crippen molar-refractivity contribution in [3.8, 4) is 0 Å². The first-order chi connectivity index (χ1) is 8.37. The number of fused-ring (bicyclic) bond motifs is 1. The zero-order chi connectivity index (χ0) is 13.3. The number of nitrogens with one attached hydrogen (secondary N) is 1. The van der Waals surface area contributed by atoms with Crippen LogP contribution in [-0.2, 0) is 9.36 Å². The van der Waals surface area contributed by atoms with Crippen LogP contribution in [0.1, 0.15) is 32.1 Å². The molecule has 4 atom stereocenters. The normalized spacial score (nSPS) is 37.0. The zero-order valence-corrected chi connectivity index (χ0v) is 11.1. The second kappa shape index (κ2) is 5.29. The maximum Gasteiger partial charge on any atom is 0.325 e. The van der Waals surface area contributed by atoms with E-state index < -0.39 is 19.6 Å². The molecule has 2 rings (SSSR count). The second-order valence-electron chi connectivity index (χ2n) is 5.46. The molecule has 104 valence electrons. The molecule has 1 aliphatic heterocycles. The fraction of sp³-hybridized carbons (Fsp3) is 0.909. The van der Waals surface area contributed by atoms with E-state index in [-0.39, 0.29) is 24.0 Å². The summed E-state index contributed by atoms with van der Waals surface area (Å²) in [5.41, 5.74) is 0. The van der Waals surface area contributed by atoms with Gasteiger partial charge in [0.05, 0.1) is 6.16 Å². The minimum atomic E-state index is -4.08. The Labute approximate surface area is 106 Å². The summed E-state index contributed by atoms with van der Waals surface area (Å²) in [7, 11) is -4.08. The predicted octanol–water partition coefficient (Wildman–Crippen LogP) is 0.786. The van der Waals surface area contributed by atoms with Crippen LogP contribution in [0.25, 0.3) is 0 Å². The molecule has 0 aromatic heterocycles. The molecule has 1 heterocycles. The van der Waals surface area contributed by atoms with Crippen LogP contribution >= 0.6 is 7.60 Å². The molecule has 1 saturated heterocycles. The van der Waals surface area contributed by atoms with Crippen molar-refractivity contribution in [1.29, 1.82) is 0 Å². The van der Waals surface area contributed by atoms with Crippen LogP contribution in [0.15, 0.2) is 0 Å². The van der Waals surface area contributed by atoms with Crippen molar-refractivity contribution in [2.24, 2.45) is 11.8 Å². The van der Waals surface area contributed by atoms with Crippen molar-refractivity contribution in [3.05, 3.63) is 0 Å². The van der Waals surface area contributed by atoms with Gasteiger partial charge in [0.1, 0.15) is 6.04 Å². The highest BCUT2D eigenvalue weighted by molar-refractivity contribution is 7.51. The topological polar surface area (TPSA) is 107 Å². The number of carboxylic acid groups (broad SMARTS) is 1. The lowest BCUT2D eigenvalue weighted by Crippen LogP contribution is -2.56. The van der Waals surface area contributed by atoms with E-state index in [1.165, 1.54) is 0 Å². The molecular weight excluding hydrogens is 257 g/mol. The summed E-state index contributed by atoms with van der Waals surface area (Å²) in [5.74, 6) is -0.893. The lowest BCUT2D eigenvalue weighted by atomic mass is 9.72. The highest BCUT2D eigenvalue weighted by Crippen LogP contribution is 2.45. The Balaban J connectivity index is 2.12. The molecule has 0 amide bonds. The van der Waals surface area contributed by atoms with Gasteiger partial charge in [-0.1, -0.05) is 12.8 Å². The van der Waals surface area contributed by atoms with Crippen LogP contribution in [0.3, 0.4) is 0 Å². The number of hydrogen-bond donors (Lipinski definition) is 4. The molecule has 2 fully saturated rings. The van der Waals surface area contributed by atoms with Crippen molar-refractivity contribution in [2.45, 2.75) is 44.2 Å². The van der Waals surface area contributed by atoms with Gasteiger partial charge in [-0.25, -0.2) is 0 Å². The van der Waals surface area contributed by atoms with Gasteiger partial charge in [0.25, 0.3) is 0 Å². The number of aliphatic carboxylic acids is 1. The summed E-state index contributed by atoms with van der Waals surface area (Å²) < 4.78 is 11.2. The third-order valence-corrected chi connectivity index (χ3v) is 5.09. The largest absolute Gasteiger partial charge is 0.480 e. The van der Waals surface area contributed by atoms with E-state index in [2.05, 4.69) is 5.32 Å². The highest BCUT2D eigenvalue weighted by atomic mass is 31.2. The molecule has 0 bridgehead atoms. The van der Waals surface area contributed by atoms with E-state index >= 15 is 0 Å². The van der Waals surface area contributed by atoms with Crippen molar-refractivity contribution in [3.63, 3.8) is 0 Å². The van der Waals surface area contributed by atoms with Gasteiger partial charge in [0.2, 0.25) is 0 Å². The van der Waals surface area contributed by atoms with Gasteiger partial charge < -0.3 is 20.2 Å². The predicted molar refractivity (Wildman–Crippen MR) is 65.3 cm³/mol. The van der Waals surface area contributed by atoms with E-state index in [9.17, 15) is 9.36 Å². The maximum absolute atomic E-state index is 11.2. The van der Waals surface area contributed by atoms with Crippen LogP contribution in [0.5, 0.6) is 0 Å². The Morgan fingerprint density at radius 2 is 1.94 bits per heavy atom. The number of piperidine rings is 1. The van der Waals surface area contributed by atoms with Gasteiger partial charge in [-0.2, -0.15) is 0 Å². The Kier molecular flexibility index (Phi) is 4.11. The Bertz CT molecular complexity index is 368. The summed E-state index contributed by atoms with van der Waals surface area (Å²) in [4.78, 5) is 29.3. The monoisotopic (exact) mass is 277 g/mol. The average Bonchev–Trinajstić information content (AvgIpc) is 2.26. The number of carboxylic acids is 1. The Morgan fingerprint density at radius 1 is 1.28 bits per heavy atom. The SMILES string of the molecule is O=C(O)C1CC(CP(=O)(O)O)C2CCCCC2N1. The van der Waals surface area contributed by atoms with Crippen molar-refractivity contribution < 1.29 is 24.3 Å². The number of carbonyl (C=O) groups is 1. The van der Waals surface area contributed by atoms with Crippen molar-refractivity contribution in [2.75, 3.05) is 6.16 Å². The minimum Gasteiger partial charge on any atom is -0.480 e. The van der Waals surface area contributed by atoms with E-state index in [1.54, 1.807) is 0 Å². The lowest BCUT2D eigenvalue weighted by molar-refractivity contribution is -0.141. The summed E-state index contributed by atoms with van der Waals surface area (Å²) in [6, 6.07) is -0.564. The lowest BCUT2D eigenvalue weighted by Gasteiger charge is -2.44. The maximum atomic E-state index is 11.2. The number of rotatable bonds is 3. The first kappa shape index (κ1) is 14.0. The van der Waals surface area contributed by atoms with Crippen LogP contribution in [0.4, 0.5) is 0 Å². The van der Waals surface area contributed by atoms with Crippen LogP contribution in [0, 0.1) is 11.8 Å². The van der Waals surface area contributed by atoms with E-state index in [0.29, 0.717) is 6.42 Å². The van der Waals surface area contributed by atoms with Crippen LogP contribution in [-0.4, -0.2) is 39.1 Å². The summed E-state index contributed by atoms with van der Waals surface area (Å²) in [5, 5.41) is 12.2. The van der Waals surface area contributed by atoms with E-state index in [0.717, 1.165) is 25.7 Å². The molecule has 0 spiro atoms. The molecule has 0 radical (unpaired) electrons. The van der Waals surface area contributed by atoms with Gasteiger partial charge in [0.15, 0.2) is 0 Å². The molecule has 4 unspecified atom stereocenters. The van der Waals surface area contributed by atoms with Gasteiger partial charge in [-0.15, -0.1) is 0 Å². The standard InChI is InChI=1S/C11H20NO5P/c13-11(14)10-5-7(6-18(15,16)17)8-3-1-2-4-9(8)12-10/h7-10,12H,1-6H2,(H,13,14)(H2,15,16,17). The quantitative estimate of drug-likeness (QED) is 0.568. The summed E-state index contributed by atoms with van der Waals surface area (Å²) in [6.45, 7) is 0. The molecule has 4 N–H and O–H groups in total. The van der Waals surface area contributed by atoms with Crippen molar-refractivity contribution >= 4 is 13.6 Å². The third-order valence-electron chi connectivity index (χ3n) is 4.15. The first-order valence-corrected chi connectivity index (χ1v) is 8.20. The highest BCUT2D eigenvalue weighted by Gasteiger charge is 2.42. The van der Waals surface area contributed by atoms with Crippen LogP contribution < -0.4 is 5.32 Å².